The monoisotopic (exact) mass is 392 g/mol. The van der Waals surface area contributed by atoms with Crippen LogP contribution in [0.2, 0.25) is 0 Å². The molecule has 0 saturated heterocycles. The van der Waals surface area contributed by atoms with Crippen molar-refractivity contribution in [3.63, 3.8) is 0 Å². The van der Waals surface area contributed by atoms with Crippen molar-refractivity contribution in [3.8, 4) is 0 Å². The molecule has 145 valence electrons. The largest absolute Gasteiger partial charge is 0.658 e. The van der Waals surface area contributed by atoms with Gasteiger partial charge < -0.3 is 10.6 Å². The Kier molecular flexibility index (Phi) is 31.3. The Balaban J connectivity index is -0.000000112. The van der Waals surface area contributed by atoms with Crippen molar-refractivity contribution in [2.75, 3.05) is 20.0 Å². The summed E-state index contributed by atoms with van der Waals surface area (Å²) >= 11 is 0. The molecule has 1 radical (unpaired) electrons. The first-order chi connectivity index (χ1) is 10.5. The third-order valence-corrected chi connectivity index (χ3v) is 1.78. The van der Waals surface area contributed by atoms with E-state index in [1.54, 1.807) is 0 Å². The molecule has 1 aliphatic carbocycles. The quantitative estimate of drug-likeness (QED) is 0.363. The maximum atomic E-state index is 4.28. The maximum absolute atomic E-state index is 4.28. The van der Waals surface area contributed by atoms with Crippen LogP contribution in [0.25, 0.3) is 10.6 Å². The number of hydrogen-bond acceptors (Lipinski definition) is 0. The molecule has 0 spiro atoms. The molecule has 0 heterocycles. The Labute approximate surface area is 167 Å². The van der Waals surface area contributed by atoms with Crippen molar-refractivity contribution in [1.29, 1.82) is 0 Å². The molecule has 0 fully saturated rings. The van der Waals surface area contributed by atoms with E-state index in [-0.39, 0.29) is 18.6 Å². The second-order valence-electron chi connectivity index (χ2n) is 7.02. The zero-order valence-electron chi connectivity index (χ0n) is 18.0. The van der Waals surface area contributed by atoms with E-state index >= 15 is 0 Å². The average molecular weight is 392 g/mol. The number of rotatable bonds is 4. The van der Waals surface area contributed by atoms with Crippen molar-refractivity contribution >= 4 is 7.92 Å². The van der Waals surface area contributed by atoms with Crippen LogP contribution in [0.3, 0.4) is 0 Å². The van der Waals surface area contributed by atoms with Crippen LogP contribution in [-0.4, -0.2) is 44.2 Å². The minimum absolute atomic E-state index is 0. The van der Waals surface area contributed by atoms with Gasteiger partial charge in [-0.05, 0) is 20.0 Å². The van der Waals surface area contributed by atoms with Gasteiger partial charge >= 0.3 is 0 Å². The summed E-state index contributed by atoms with van der Waals surface area (Å²) in [4.78, 5) is 0. The second-order valence-corrected chi connectivity index (χ2v) is 9.70. The number of hydrogen-bond donors (Lipinski definition) is 0. The summed E-state index contributed by atoms with van der Waals surface area (Å²) in [5, 5.41) is 8.56. The van der Waals surface area contributed by atoms with Crippen LogP contribution in [0.4, 0.5) is 0 Å². The van der Waals surface area contributed by atoms with Gasteiger partial charge in [0.2, 0.25) is 0 Å². The van der Waals surface area contributed by atoms with E-state index < -0.39 is 0 Å². The van der Waals surface area contributed by atoms with Crippen LogP contribution >= 0.6 is 7.92 Å². The van der Waals surface area contributed by atoms with Gasteiger partial charge in [-0.2, -0.15) is 6.08 Å². The zero-order valence-corrected chi connectivity index (χ0v) is 20.3. The van der Waals surface area contributed by atoms with Crippen molar-refractivity contribution in [2.45, 2.75) is 86.0 Å². The molecular formula is C20H42N2PV-3. The Morgan fingerprint density at radius 2 is 1.04 bits per heavy atom. The van der Waals surface area contributed by atoms with E-state index in [9.17, 15) is 0 Å². The summed E-state index contributed by atoms with van der Waals surface area (Å²) in [6, 6.07) is 2.00. The Hall–Kier alpha value is 0.414. The predicted molar refractivity (Wildman–Crippen MR) is 114 cm³/mol. The molecule has 0 N–H and O–H groups in total. The van der Waals surface area contributed by atoms with E-state index in [0.717, 1.165) is 6.42 Å². The van der Waals surface area contributed by atoms with Gasteiger partial charge in [-0.15, -0.1) is 38.5 Å². The molecule has 0 saturated carbocycles. The molecule has 4 heteroatoms. The van der Waals surface area contributed by atoms with Crippen LogP contribution in [0.1, 0.15) is 61.8 Å². The van der Waals surface area contributed by atoms with Crippen LogP contribution in [-0.2, 0) is 18.6 Å². The molecule has 0 atom stereocenters. The topological polar surface area (TPSA) is 28.2 Å². The summed E-state index contributed by atoms with van der Waals surface area (Å²) < 4.78 is 0. The van der Waals surface area contributed by atoms with Gasteiger partial charge in [-0.1, -0.05) is 55.4 Å². The summed E-state index contributed by atoms with van der Waals surface area (Å²) in [5.41, 5.74) is 0. The third kappa shape index (κ3) is 57.1. The van der Waals surface area contributed by atoms with Gasteiger partial charge in [0.25, 0.3) is 0 Å². The van der Waals surface area contributed by atoms with Crippen molar-refractivity contribution in [2.24, 2.45) is 0 Å². The minimum atomic E-state index is 0. The van der Waals surface area contributed by atoms with Crippen molar-refractivity contribution < 1.29 is 18.6 Å². The van der Waals surface area contributed by atoms with Gasteiger partial charge in [0.15, 0.2) is 0 Å². The molecule has 2 nitrogen and oxygen atoms in total. The molecule has 0 bridgehead atoms. The van der Waals surface area contributed by atoms with Crippen molar-refractivity contribution in [1.82, 2.24) is 0 Å². The first kappa shape index (κ1) is 32.1. The molecule has 0 unspecified atom stereocenters. The van der Waals surface area contributed by atoms with Gasteiger partial charge in [-0.25, -0.2) is 12.2 Å². The fraction of sp³-hybridized carbons (Fsp3) is 0.800. The zero-order chi connectivity index (χ0) is 18.8. The van der Waals surface area contributed by atoms with Crippen LogP contribution in [0.15, 0.2) is 18.2 Å². The molecule has 0 amide bonds. The van der Waals surface area contributed by atoms with E-state index in [0.29, 0.717) is 32.1 Å². The summed E-state index contributed by atoms with van der Waals surface area (Å²) in [6.07, 6.45) is 10.0. The molecule has 1 aliphatic rings. The normalized spacial score (nSPS) is 11.7. The van der Waals surface area contributed by atoms with Gasteiger partial charge in [0, 0.05) is 18.6 Å². The van der Waals surface area contributed by atoms with Crippen molar-refractivity contribution in [3.05, 3.63) is 34.9 Å². The smallest absolute Gasteiger partial charge is 0 e. The Bertz CT molecular complexity index is 234. The summed E-state index contributed by atoms with van der Waals surface area (Å²) in [7, 11) is 0.380. The van der Waals surface area contributed by atoms with E-state index in [4.69, 9.17) is 0 Å². The first-order valence-corrected chi connectivity index (χ1v) is 11.4. The fourth-order valence-electron chi connectivity index (χ4n) is 1.53. The molecule has 1 rings (SSSR count). The van der Waals surface area contributed by atoms with E-state index in [1.165, 1.54) is 0 Å². The molecular weight excluding hydrogens is 350 g/mol. The molecule has 0 aliphatic heterocycles. The summed E-state index contributed by atoms with van der Waals surface area (Å²) in [5.74, 6) is 0. The SMILES string of the molecule is CC(C)[N-]C(C)C.CC(C)[N-]C(C)C.CP(C)C.[C-]1=CC=CC1.[V]. The fourth-order valence-corrected chi connectivity index (χ4v) is 1.53. The standard InChI is InChI=1S/2C6H14N.C5H5.C3H9P.V/c2*1-5(2)7-6(3)4;1-2-4-5-3-1;1-4(2)3;/h2*5-6H,1-4H3;1-3H,4H2;1-3H3;/q3*-1;;. The first-order valence-electron chi connectivity index (χ1n) is 8.71. The minimum Gasteiger partial charge on any atom is -0.658 e. The molecule has 0 aromatic carbocycles. The average Bonchev–Trinajstić information content (AvgIpc) is 2.82. The van der Waals surface area contributed by atoms with Gasteiger partial charge in [0.05, 0.1) is 0 Å². The second kappa shape index (κ2) is 23.4. The molecule has 0 aromatic rings. The molecule has 0 aromatic heterocycles. The Morgan fingerprint density at radius 3 is 1.08 bits per heavy atom. The number of nitrogens with zero attached hydrogens (tertiary/aromatic N) is 2. The van der Waals surface area contributed by atoms with E-state index in [1.807, 2.05) is 12.2 Å². The van der Waals surface area contributed by atoms with E-state index in [2.05, 4.69) is 98.2 Å². The van der Waals surface area contributed by atoms with Crippen LogP contribution < -0.4 is 0 Å². The third-order valence-electron chi connectivity index (χ3n) is 1.78. The van der Waals surface area contributed by atoms with Gasteiger partial charge in [-0.3, -0.25) is 6.08 Å². The van der Waals surface area contributed by atoms with Gasteiger partial charge in [0.1, 0.15) is 0 Å². The summed E-state index contributed by atoms with van der Waals surface area (Å²) in [6.45, 7) is 23.5. The molecule has 24 heavy (non-hydrogen) atoms. The Morgan fingerprint density at radius 1 is 0.750 bits per heavy atom. The predicted octanol–water partition coefficient (Wildman–Crippen LogP) is 7.01. The van der Waals surface area contributed by atoms with Crippen LogP contribution in [0.5, 0.6) is 0 Å². The maximum Gasteiger partial charge on any atom is 0 e. The number of allylic oxidation sites excluding steroid dienone is 4. The van der Waals surface area contributed by atoms with Crippen LogP contribution in [0, 0.1) is 6.08 Å².